The first-order chi connectivity index (χ1) is 11.1. The van der Waals surface area contributed by atoms with Crippen LogP contribution in [0.2, 0.25) is 5.02 Å². The standard InChI is InChI=1S/C16H18ClN5O/c1-10(2)15-18-5-7-22(15)8-6-19-16(23)11-3-4-13-12(14(11)17)9-20-21-13/h3-5,7,9-10H,6,8H2,1-2H3,(H,19,23)(H,20,21). The molecule has 2 heterocycles. The number of aromatic amines is 1. The van der Waals surface area contributed by atoms with E-state index in [2.05, 4.69) is 34.3 Å². The lowest BCUT2D eigenvalue weighted by molar-refractivity contribution is 0.0952. The van der Waals surface area contributed by atoms with Gasteiger partial charge in [0.2, 0.25) is 0 Å². The maximum atomic E-state index is 12.3. The van der Waals surface area contributed by atoms with Crippen molar-refractivity contribution >= 4 is 28.4 Å². The Labute approximate surface area is 138 Å². The van der Waals surface area contributed by atoms with Gasteiger partial charge in [0.15, 0.2) is 0 Å². The molecule has 0 bridgehead atoms. The van der Waals surface area contributed by atoms with Gasteiger partial charge in [0.1, 0.15) is 5.82 Å². The Morgan fingerprint density at radius 1 is 1.43 bits per heavy atom. The van der Waals surface area contributed by atoms with Gasteiger partial charge in [-0.3, -0.25) is 9.89 Å². The number of H-pyrrole nitrogens is 1. The van der Waals surface area contributed by atoms with Crippen molar-refractivity contribution in [3.05, 3.63) is 47.1 Å². The molecule has 0 atom stereocenters. The molecule has 0 saturated heterocycles. The zero-order valence-electron chi connectivity index (χ0n) is 13.0. The van der Waals surface area contributed by atoms with E-state index in [1.54, 1.807) is 24.5 Å². The number of benzene rings is 1. The number of nitrogens with zero attached hydrogens (tertiary/aromatic N) is 3. The number of hydrogen-bond donors (Lipinski definition) is 2. The van der Waals surface area contributed by atoms with Crippen LogP contribution in [0.4, 0.5) is 0 Å². The number of imidazole rings is 1. The van der Waals surface area contributed by atoms with E-state index in [0.717, 1.165) is 16.7 Å². The fourth-order valence-electron chi connectivity index (χ4n) is 2.55. The molecule has 0 aliphatic carbocycles. The van der Waals surface area contributed by atoms with Gasteiger partial charge in [-0.05, 0) is 12.1 Å². The molecule has 0 radical (unpaired) electrons. The summed E-state index contributed by atoms with van der Waals surface area (Å²) in [5.41, 5.74) is 1.27. The molecule has 7 heteroatoms. The Morgan fingerprint density at radius 2 is 2.26 bits per heavy atom. The van der Waals surface area contributed by atoms with Gasteiger partial charge in [-0.2, -0.15) is 5.10 Å². The number of rotatable bonds is 5. The molecule has 120 valence electrons. The second-order valence-electron chi connectivity index (χ2n) is 5.65. The molecule has 0 spiro atoms. The van der Waals surface area contributed by atoms with Crippen LogP contribution >= 0.6 is 11.6 Å². The van der Waals surface area contributed by atoms with Crippen molar-refractivity contribution in [1.82, 2.24) is 25.1 Å². The average Bonchev–Trinajstić information content (AvgIpc) is 3.16. The summed E-state index contributed by atoms with van der Waals surface area (Å²) in [6.07, 6.45) is 5.32. The van der Waals surface area contributed by atoms with Crippen LogP contribution < -0.4 is 5.32 Å². The zero-order chi connectivity index (χ0) is 16.4. The van der Waals surface area contributed by atoms with Gasteiger partial charge in [-0.15, -0.1) is 0 Å². The molecule has 3 aromatic rings. The van der Waals surface area contributed by atoms with E-state index in [0.29, 0.717) is 29.6 Å². The van der Waals surface area contributed by atoms with E-state index >= 15 is 0 Å². The SMILES string of the molecule is CC(C)c1nccn1CCNC(=O)c1ccc2[nH]ncc2c1Cl. The maximum absolute atomic E-state index is 12.3. The highest BCUT2D eigenvalue weighted by molar-refractivity contribution is 6.38. The van der Waals surface area contributed by atoms with Crippen molar-refractivity contribution < 1.29 is 4.79 Å². The number of amides is 1. The molecule has 0 unspecified atom stereocenters. The molecule has 3 rings (SSSR count). The van der Waals surface area contributed by atoms with E-state index in [1.807, 2.05) is 10.8 Å². The highest BCUT2D eigenvalue weighted by Gasteiger charge is 2.14. The van der Waals surface area contributed by atoms with E-state index in [1.165, 1.54) is 0 Å². The molecule has 0 aliphatic heterocycles. The minimum atomic E-state index is -0.190. The van der Waals surface area contributed by atoms with Crippen LogP contribution in [0.1, 0.15) is 35.9 Å². The lowest BCUT2D eigenvalue weighted by Crippen LogP contribution is -2.27. The summed E-state index contributed by atoms with van der Waals surface area (Å²) in [5, 5.41) is 10.8. The predicted molar refractivity (Wildman–Crippen MR) is 89.8 cm³/mol. The second kappa shape index (κ2) is 6.42. The fourth-order valence-corrected chi connectivity index (χ4v) is 2.85. The van der Waals surface area contributed by atoms with Crippen molar-refractivity contribution in [1.29, 1.82) is 0 Å². The van der Waals surface area contributed by atoms with Crippen molar-refractivity contribution in [2.75, 3.05) is 6.54 Å². The molecular weight excluding hydrogens is 314 g/mol. The summed E-state index contributed by atoms with van der Waals surface area (Å²) in [6.45, 7) is 5.37. The van der Waals surface area contributed by atoms with Crippen molar-refractivity contribution in [3.8, 4) is 0 Å². The summed E-state index contributed by atoms with van der Waals surface area (Å²) in [6, 6.07) is 3.50. The van der Waals surface area contributed by atoms with Crippen LogP contribution in [-0.4, -0.2) is 32.2 Å². The van der Waals surface area contributed by atoms with Crippen LogP contribution in [0.3, 0.4) is 0 Å². The molecular formula is C16H18ClN5O. The summed E-state index contributed by atoms with van der Waals surface area (Å²) in [4.78, 5) is 16.7. The van der Waals surface area contributed by atoms with Crippen LogP contribution in [0.15, 0.2) is 30.7 Å². The van der Waals surface area contributed by atoms with Gasteiger partial charge in [-0.25, -0.2) is 4.98 Å². The van der Waals surface area contributed by atoms with Crippen LogP contribution in [0.25, 0.3) is 10.9 Å². The summed E-state index contributed by atoms with van der Waals surface area (Å²) in [7, 11) is 0. The number of hydrogen-bond acceptors (Lipinski definition) is 3. The van der Waals surface area contributed by atoms with Crippen molar-refractivity contribution in [3.63, 3.8) is 0 Å². The first-order valence-corrected chi connectivity index (χ1v) is 7.86. The summed E-state index contributed by atoms with van der Waals surface area (Å²) >= 11 is 6.29. The zero-order valence-corrected chi connectivity index (χ0v) is 13.8. The minimum Gasteiger partial charge on any atom is -0.350 e. The number of halogens is 1. The third-order valence-corrected chi connectivity index (χ3v) is 4.11. The van der Waals surface area contributed by atoms with Crippen molar-refractivity contribution in [2.24, 2.45) is 0 Å². The highest BCUT2D eigenvalue weighted by atomic mass is 35.5. The van der Waals surface area contributed by atoms with Crippen LogP contribution in [-0.2, 0) is 6.54 Å². The Hall–Kier alpha value is -2.34. The molecule has 2 aromatic heterocycles. The number of carbonyl (C=O) groups is 1. The lowest BCUT2D eigenvalue weighted by Gasteiger charge is -2.11. The lowest BCUT2D eigenvalue weighted by atomic mass is 10.1. The summed E-state index contributed by atoms with van der Waals surface area (Å²) < 4.78 is 2.05. The normalized spacial score (nSPS) is 11.3. The van der Waals surface area contributed by atoms with Gasteiger partial charge >= 0.3 is 0 Å². The molecule has 0 saturated carbocycles. The van der Waals surface area contributed by atoms with Crippen molar-refractivity contribution in [2.45, 2.75) is 26.3 Å². The molecule has 1 aromatic carbocycles. The average molecular weight is 332 g/mol. The van der Waals surface area contributed by atoms with Gasteiger partial charge in [-0.1, -0.05) is 25.4 Å². The first-order valence-electron chi connectivity index (χ1n) is 7.48. The molecule has 1 amide bonds. The largest absolute Gasteiger partial charge is 0.350 e. The first kappa shape index (κ1) is 15.6. The second-order valence-corrected chi connectivity index (χ2v) is 6.03. The Morgan fingerprint density at radius 3 is 3.04 bits per heavy atom. The van der Waals surface area contributed by atoms with E-state index in [9.17, 15) is 4.79 Å². The van der Waals surface area contributed by atoms with Crippen LogP contribution in [0, 0.1) is 0 Å². The Bertz CT molecular complexity index is 836. The third-order valence-electron chi connectivity index (χ3n) is 3.71. The molecule has 0 aliphatic rings. The highest BCUT2D eigenvalue weighted by Crippen LogP contribution is 2.25. The number of nitrogens with one attached hydrogen (secondary N) is 2. The number of aromatic nitrogens is 4. The Balaban J connectivity index is 1.67. The Kier molecular flexibility index (Phi) is 4.34. The number of fused-ring (bicyclic) bond motifs is 1. The van der Waals surface area contributed by atoms with E-state index < -0.39 is 0 Å². The van der Waals surface area contributed by atoms with Gasteiger partial charge in [0.25, 0.3) is 5.91 Å². The third kappa shape index (κ3) is 3.07. The van der Waals surface area contributed by atoms with Gasteiger partial charge in [0.05, 0.1) is 22.3 Å². The summed E-state index contributed by atoms with van der Waals surface area (Å²) in [5.74, 6) is 1.17. The molecule has 6 nitrogen and oxygen atoms in total. The number of carbonyl (C=O) groups excluding carboxylic acids is 1. The topological polar surface area (TPSA) is 75.6 Å². The predicted octanol–water partition coefficient (Wildman–Crippen LogP) is 2.97. The monoisotopic (exact) mass is 331 g/mol. The van der Waals surface area contributed by atoms with Gasteiger partial charge in [0, 0.05) is 36.8 Å². The molecule has 0 fully saturated rings. The minimum absolute atomic E-state index is 0.190. The smallest absolute Gasteiger partial charge is 0.252 e. The molecule has 2 N–H and O–H groups in total. The van der Waals surface area contributed by atoms with E-state index in [-0.39, 0.29) is 5.91 Å². The van der Waals surface area contributed by atoms with Crippen LogP contribution in [0.5, 0.6) is 0 Å². The van der Waals surface area contributed by atoms with E-state index in [4.69, 9.17) is 11.6 Å². The molecule has 23 heavy (non-hydrogen) atoms. The fraction of sp³-hybridized carbons (Fsp3) is 0.312. The quantitative estimate of drug-likeness (QED) is 0.754. The maximum Gasteiger partial charge on any atom is 0.252 e. The van der Waals surface area contributed by atoms with Gasteiger partial charge < -0.3 is 9.88 Å².